The number of terminal acetylenes is 1. The Morgan fingerprint density at radius 1 is 1.40 bits per heavy atom. The molecule has 0 aliphatic rings. The minimum atomic E-state index is -0.548. The third-order valence-corrected chi connectivity index (χ3v) is 2.12. The third kappa shape index (κ3) is 3.03. The number of hydrogen-bond donors (Lipinski definition) is 1. The summed E-state index contributed by atoms with van der Waals surface area (Å²) in [7, 11) is 0. The Kier molecular flexibility index (Phi) is 4.26. The fourth-order valence-corrected chi connectivity index (χ4v) is 1.37. The van der Waals surface area contributed by atoms with Gasteiger partial charge in [-0.25, -0.2) is 8.78 Å². The number of nitrogens with one attached hydrogen (secondary N) is 1. The van der Waals surface area contributed by atoms with Crippen molar-refractivity contribution < 1.29 is 8.78 Å². The van der Waals surface area contributed by atoms with Crippen molar-refractivity contribution in [3.8, 4) is 12.3 Å². The van der Waals surface area contributed by atoms with Crippen LogP contribution in [0.25, 0.3) is 0 Å². The molecule has 0 bridgehead atoms. The van der Waals surface area contributed by atoms with E-state index in [-0.39, 0.29) is 18.0 Å². The molecular formula is C12H13F2N. The molecule has 1 unspecified atom stereocenters. The number of hydrogen-bond acceptors (Lipinski definition) is 1. The van der Waals surface area contributed by atoms with E-state index in [1.807, 2.05) is 6.92 Å². The summed E-state index contributed by atoms with van der Waals surface area (Å²) in [6.07, 6.45) is 5.42. The first-order chi connectivity index (χ1) is 7.19. The molecule has 1 nitrogen and oxygen atoms in total. The quantitative estimate of drug-likeness (QED) is 0.749. The van der Waals surface area contributed by atoms with Crippen LogP contribution in [-0.2, 0) is 6.42 Å². The zero-order chi connectivity index (χ0) is 11.3. The van der Waals surface area contributed by atoms with Gasteiger partial charge in [-0.1, -0.05) is 18.9 Å². The first-order valence-electron chi connectivity index (χ1n) is 4.81. The SMILES string of the molecule is C#CC(Cc1c(F)cccc1F)NCC. The van der Waals surface area contributed by atoms with Crippen LogP contribution < -0.4 is 5.32 Å². The predicted octanol–water partition coefficient (Wildman–Crippen LogP) is 2.12. The van der Waals surface area contributed by atoms with Crippen LogP contribution in [0.15, 0.2) is 18.2 Å². The van der Waals surface area contributed by atoms with Gasteiger partial charge in [0.1, 0.15) is 11.6 Å². The summed E-state index contributed by atoms with van der Waals surface area (Å²) in [5.74, 6) is 1.37. The van der Waals surface area contributed by atoms with Gasteiger partial charge < -0.3 is 5.32 Å². The lowest BCUT2D eigenvalue weighted by Crippen LogP contribution is -2.30. The van der Waals surface area contributed by atoms with Crippen LogP contribution in [0.3, 0.4) is 0 Å². The first-order valence-corrected chi connectivity index (χ1v) is 4.81. The summed E-state index contributed by atoms with van der Waals surface area (Å²) in [6, 6.07) is 3.48. The summed E-state index contributed by atoms with van der Waals surface area (Å²) >= 11 is 0. The van der Waals surface area contributed by atoms with E-state index in [1.165, 1.54) is 18.2 Å². The number of benzene rings is 1. The molecule has 0 saturated carbocycles. The minimum absolute atomic E-state index is 0.0430. The molecule has 0 aromatic heterocycles. The van der Waals surface area contributed by atoms with E-state index in [2.05, 4.69) is 11.2 Å². The topological polar surface area (TPSA) is 12.0 Å². The van der Waals surface area contributed by atoms with E-state index >= 15 is 0 Å². The van der Waals surface area contributed by atoms with E-state index in [4.69, 9.17) is 6.42 Å². The highest BCUT2D eigenvalue weighted by Crippen LogP contribution is 2.13. The van der Waals surface area contributed by atoms with E-state index in [0.717, 1.165) is 0 Å². The number of likely N-dealkylation sites (N-methyl/N-ethyl adjacent to an activating group) is 1. The fraction of sp³-hybridized carbons (Fsp3) is 0.333. The van der Waals surface area contributed by atoms with Crippen molar-refractivity contribution in [3.05, 3.63) is 35.4 Å². The molecule has 1 aromatic carbocycles. The molecule has 0 saturated heterocycles. The molecule has 1 N–H and O–H groups in total. The Morgan fingerprint density at radius 3 is 2.47 bits per heavy atom. The molecule has 0 spiro atoms. The standard InChI is InChI=1S/C12H13F2N/c1-3-9(15-4-2)8-10-11(13)6-5-7-12(10)14/h1,5-7,9,15H,4,8H2,2H3. The second kappa shape index (κ2) is 5.47. The molecule has 0 aliphatic heterocycles. The normalized spacial score (nSPS) is 12.1. The monoisotopic (exact) mass is 209 g/mol. The molecular weight excluding hydrogens is 196 g/mol. The summed E-state index contributed by atoms with van der Waals surface area (Å²) in [5.41, 5.74) is 0.0430. The molecule has 80 valence electrons. The lowest BCUT2D eigenvalue weighted by atomic mass is 10.1. The first kappa shape index (κ1) is 11.7. The van der Waals surface area contributed by atoms with Crippen molar-refractivity contribution in [2.75, 3.05) is 6.54 Å². The maximum absolute atomic E-state index is 13.3. The van der Waals surface area contributed by atoms with Gasteiger partial charge in [-0.2, -0.15) is 0 Å². The molecule has 0 amide bonds. The van der Waals surface area contributed by atoms with Crippen LogP contribution in [-0.4, -0.2) is 12.6 Å². The van der Waals surface area contributed by atoms with Gasteiger partial charge in [0.05, 0.1) is 6.04 Å². The van der Waals surface area contributed by atoms with Gasteiger partial charge >= 0.3 is 0 Å². The highest BCUT2D eigenvalue weighted by molar-refractivity contribution is 5.22. The van der Waals surface area contributed by atoms with Gasteiger partial charge in [0, 0.05) is 12.0 Å². The highest BCUT2D eigenvalue weighted by Gasteiger charge is 2.12. The zero-order valence-corrected chi connectivity index (χ0v) is 8.56. The lowest BCUT2D eigenvalue weighted by Gasteiger charge is -2.12. The third-order valence-electron chi connectivity index (χ3n) is 2.12. The van der Waals surface area contributed by atoms with Gasteiger partial charge in [0.2, 0.25) is 0 Å². The Hall–Kier alpha value is -1.40. The van der Waals surface area contributed by atoms with Gasteiger partial charge in [-0.3, -0.25) is 0 Å². The van der Waals surface area contributed by atoms with Crippen molar-refractivity contribution >= 4 is 0 Å². The Bertz CT molecular complexity index is 348. The summed E-state index contributed by atoms with van der Waals surface area (Å²) in [6.45, 7) is 2.56. The van der Waals surface area contributed by atoms with Gasteiger partial charge in [0.25, 0.3) is 0 Å². The van der Waals surface area contributed by atoms with Crippen LogP contribution in [0.5, 0.6) is 0 Å². The summed E-state index contributed by atoms with van der Waals surface area (Å²) < 4.78 is 26.5. The highest BCUT2D eigenvalue weighted by atomic mass is 19.1. The Labute approximate surface area is 88.5 Å². The molecule has 0 radical (unpaired) electrons. The Morgan fingerprint density at radius 2 is 2.00 bits per heavy atom. The van der Waals surface area contributed by atoms with Gasteiger partial charge in [-0.15, -0.1) is 6.42 Å². The molecule has 1 aromatic rings. The van der Waals surface area contributed by atoms with Crippen molar-refractivity contribution in [1.29, 1.82) is 0 Å². The minimum Gasteiger partial charge on any atom is -0.304 e. The largest absolute Gasteiger partial charge is 0.304 e. The van der Waals surface area contributed by atoms with Crippen molar-refractivity contribution in [2.45, 2.75) is 19.4 Å². The van der Waals surface area contributed by atoms with Crippen LogP contribution in [0.4, 0.5) is 8.78 Å². The van der Waals surface area contributed by atoms with Crippen molar-refractivity contribution in [2.24, 2.45) is 0 Å². The molecule has 0 heterocycles. The molecule has 0 aliphatic carbocycles. The van der Waals surface area contributed by atoms with Crippen LogP contribution in [0.1, 0.15) is 12.5 Å². The smallest absolute Gasteiger partial charge is 0.129 e. The van der Waals surface area contributed by atoms with Crippen molar-refractivity contribution in [3.63, 3.8) is 0 Å². The van der Waals surface area contributed by atoms with Crippen LogP contribution >= 0.6 is 0 Å². The van der Waals surface area contributed by atoms with E-state index < -0.39 is 11.6 Å². The molecule has 3 heteroatoms. The van der Waals surface area contributed by atoms with Crippen molar-refractivity contribution in [1.82, 2.24) is 5.32 Å². The molecule has 15 heavy (non-hydrogen) atoms. The van der Waals surface area contributed by atoms with Gasteiger partial charge in [-0.05, 0) is 18.7 Å². The molecule has 1 atom stereocenters. The lowest BCUT2D eigenvalue weighted by molar-refractivity contribution is 0.531. The summed E-state index contributed by atoms with van der Waals surface area (Å²) in [5, 5.41) is 2.97. The fourth-order valence-electron chi connectivity index (χ4n) is 1.37. The van der Waals surface area contributed by atoms with E-state index in [0.29, 0.717) is 6.54 Å². The average molecular weight is 209 g/mol. The zero-order valence-electron chi connectivity index (χ0n) is 8.56. The average Bonchev–Trinajstić information content (AvgIpc) is 2.22. The maximum Gasteiger partial charge on any atom is 0.129 e. The van der Waals surface area contributed by atoms with E-state index in [1.54, 1.807) is 0 Å². The number of rotatable bonds is 4. The maximum atomic E-state index is 13.3. The van der Waals surface area contributed by atoms with Crippen LogP contribution in [0, 0.1) is 24.0 Å². The number of halogens is 2. The second-order valence-electron chi connectivity index (χ2n) is 3.18. The van der Waals surface area contributed by atoms with Crippen LogP contribution in [0.2, 0.25) is 0 Å². The second-order valence-corrected chi connectivity index (χ2v) is 3.18. The predicted molar refractivity (Wildman–Crippen MR) is 56.4 cm³/mol. The summed E-state index contributed by atoms with van der Waals surface area (Å²) in [4.78, 5) is 0. The van der Waals surface area contributed by atoms with E-state index in [9.17, 15) is 8.78 Å². The Balaban J connectivity index is 2.84. The molecule has 0 fully saturated rings. The molecule has 1 rings (SSSR count). The van der Waals surface area contributed by atoms with Gasteiger partial charge in [0.15, 0.2) is 0 Å².